The molecule has 0 bridgehead atoms. The SMILES string of the molecule is C/C=C/CCN=C(NCC)N1CCN(Cc2ccc(OC)c(OC)c2OC)CC1. The van der Waals surface area contributed by atoms with Gasteiger partial charge in [0.05, 0.1) is 21.3 Å². The fourth-order valence-electron chi connectivity index (χ4n) is 3.48. The number of nitrogens with one attached hydrogen (secondary N) is 1. The summed E-state index contributed by atoms with van der Waals surface area (Å²) in [6.45, 7) is 10.5. The highest BCUT2D eigenvalue weighted by atomic mass is 16.5. The number of rotatable bonds is 9. The minimum absolute atomic E-state index is 0.647. The minimum atomic E-state index is 0.647. The van der Waals surface area contributed by atoms with Crippen molar-refractivity contribution in [3.05, 3.63) is 29.8 Å². The summed E-state index contributed by atoms with van der Waals surface area (Å²) in [6, 6.07) is 3.99. The van der Waals surface area contributed by atoms with Gasteiger partial charge in [-0.2, -0.15) is 0 Å². The average Bonchev–Trinajstić information content (AvgIpc) is 2.76. The van der Waals surface area contributed by atoms with Crippen molar-refractivity contribution >= 4 is 5.96 Å². The number of allylic oxidation sites excluding steroid dienone is 1. The van der Waals surface area contributed by atoms with E-state index in [2.05, 4.69) is 40.3 Å². The maximum atomic E-state index is 5.63. The Morgan fingerprint density at radius 1 is 1.07 bits per heavy atom. The van der Waals surface area contributed by atoms with E-state index >= 15 is 0 Å². The van der Waals surface area contributed by atoms with Crippen molar-refractivity contribution in [2.45, 2.75) is 26.8 Å². The normalized spacial score (nSPS) is 15.6. The molecule has 0 saturated carbocycles. The molecule has 162 valence electrons. The van der Waals surface area contributed by atoms with Gasteiger partial charge in [-0.05, 0) is 26.3 Å². The molecule has 0 spiro atoms. The first kappa shape index (κ1) is 22.9. The van der Waals surface area contributed by atoms with Gasteiger partial charge in [0.2, 0.25) is 5.75 Å². The van der Waals surface area contributed by atoms with Crippen LogP contribution in [0.1, 0.15) is 25.8 Å². The third-order valence-electron chi connectivity index (χ3n) is 4.98. The molecule has 2 rings (SSSR count). The maximum Gasteiger partial charge on any atom is 0.203 e. The van der Waals surface area contributed by atoms with Crippen LogP contribution in [0.25, 0.3) is 0 Å². The van der Waals surface area contributed by atoms with Crippen molar-refractivity contribution in [2.75, 3.05) is 60.6 Å². The molecule has 7 heteroatoms. The first-order valence-electron chi connectivity index (χ1n) is 10.3. The Bertz CT molecular complexity index is 683. The highest BCUT2D eigenvalue weighted by Crippen LogP contribution is 2.40. The van der Waals surface area contributed by atoms with Crippen LogP contribution in [0.4, 0.5) is 0 Å². The maximum absolute atomic E-state index is 5.63. The fraction of sp³-hybridized carbons (Fsp3) is 0.591. The number of nitrogens with zero attached hydrogens (tertiary/aromatic N) is 3. The number of hydrogen-bond donors (Lipinski definition) is 1. The zero-order valence-corrected chi connectivity index (χ0v) is 18.5. The molecule has 0 radical (unpaired) electrons. The molecule has 7 nitrogen and oxygen atoms in total. The number of ether oxygens (including phenoxy) is 3. The van der Waals surface area contributed by atoms with Gasteiger partial charge in [0, 0.05) is 51.4 Å². The molecule has 29 heavy (non-hydrogen) atoms. The molecule has 1 N–H and O–H groups in total. The van der Waals surface area contributed by atoms with Crippen molar-refractivity contribution in [1.82, 2.24) is 15.1 Å². The average molecular weight is 405 g/mol. The van der Waals surface area contributed by atoms with Crippen LogP contribution in [-0.4, -0.2) is 76.4 Å². The predicted molar refractivity (Wildman–Crippen MR) is 118 cm³/mol. The third-order valence-corrected chi connectivity index (χ3v) is 4.98. The Kier molecular flexibility index (Phi) is 9.64. The Morgan fingerprint density at radius 3 is 2.38 bits per heavy atom. The van der Waals surface area contributed by atoms with Gasteiger partial charge in [0.25, 0.3) is 0 Å². The number of benzene rings is 1. The van der Waals surface area contributed by atoms with Gasteiger partial charge in [-0.3, -0.25) is 9.89 Å². The number of aliphatic imine (C=N–C) groups is 1. The molecule has 0 atom stereocenters. The van der Waals surface area contributed by atoms with Crippen LogP contribution in [0.3, 0.4) is 0 Å². The van der Waals surface area contributed by atoms with E-state index < -0.39 is 0 Å². The summed E-state index contributed by atoms with van der Waals surface area (Å²) in [6.07, 6.45) is 5.20. The molecule has 1 aromatic carbocycles. The van der Waals surface area contributed by atoms with Gasteiger partial charge in [0.15, 0.2) is 17.5 Å². The Morgan fingerprint density at radius 2 is 1.79 bits per heavy atom. The second-order valence-corrected chi connectivity index (χ2v) is 6.85. The standard InChI is InChI=1S/C22H36N4O3/c1-6-8-9-12-24-22(23-7-2)26-15-13-25(14-16-26)17-18-10-11-19(27-3)21(29-5)20(18)28-4/h6,8,10-11H,7,9,12-17H2,1-5H3,(H,23,24)/b8-6+. The smallest absolute Gasteiger partial charge is 0.203 e. The van der Waals surface area contributed by atoms with Gasteiger partial charge >= 0.3 is 0 Å². The van der Waals surface area contributed by atoms with Crippen molar-refractivity contribution in [2.24, 2.45) is 4.99 Å². The van der Waals surface area contributed by atoms with Crippen molar-refractivity contribution in [3.8, 4) is 17.2 Å². The molecule has 1 fully saturated rings. The Labute approximate surface area is 175 Å². The van der Waals surface area contributed by atoms with Crippen LogP contribution in [-0.2, 0) is 6.54 Å². The van der Waals surface area contributed by atoms with Crippen LogP contribution in [0.5, 0.6) is 17.2 Å². The second-order valence-electron chi connectivity index (χ2n) is 6.85. The van der Waals surface area contributed by atoms with Crippen molar-refractivity contribution in [3.63, 3.8) is 0 Å². The van der Waals surface area contributed by atoms with E-state index in [0.29, 0.717) is 11.5 Å². The molecule has 1 aliphatic rings. The van der Waals surface area contributed by atoms with Crippen LogP contribution >= 0.6 is 0 Å². The third kappa shape index (κ3) is 6.29. The number of methoxy groups -OCH3 is 3. The number of guanidine groups is 1. The van der Waals surface area contributed by atoms with E-state index in [0.717, 1.165) is 69.5 Å². The molecular formula is C22H36N4O3. The molecule has 0 aromatic heterocycles. The van der Waals surface area contributed by atoms with Crippen LogP contribution in [0, 0.1) is 0 Å². The lowest BCUT2D eigenvalue weighted by molar-refractivity contribution is 0.170. The molecule has 1 heterocycles. The number of piperazine rings is 1. The molecule has 1 aliphatic heterocycles. The molecule has 0 aliphatic carbocycles. The van der Waals surface area contributed by atoms with E-state index in [1.54, 1.807) is 21.3 Å². The Balaban J connectivity index is 2.00. The lowest BCUT2D eigenvalue weighted by atomic mass is 10.1. The summed E-state index contributed by atoms with van der Waals surface area (Å²) in [4.78, 5) is 9.55. The predicted octanol–water partition coefficient (Wildman–Crippen LogP) is 2.76. The van der Waals surface area contributed by atoms with Crippen LogP contribution in [0.15, 0.2) is 29.3 Å². The quantitative estimate of drug-likeness (QED) is 0.296. The fourth-order valence-corrected chi connectivity index (χ4v) is 3.48. The highest BCUT2D eigenvalue weighted by molar-refractivity contribution is 5.80. The topological polar surface area (TPSA) is 58.6 Å². The molecule has 1 aromatic rings. The van der Waals surface area contributed by atoms with Gasteiger partial charge in [-0.1, -0.05) is 18.2 Å². The monoisotopic (exact) mass is 404 g/mol. The van der Waals surface area contributed by atoms with Crippen LogP contribution in [0.2, 0.25) is 0 Å². The minimum Gasteiger partial charge on any atom is -0.493 e. The highest BCUT2D eigenvalue weighted by Gasteiger charge is 2.22. The molecule has 0 unspecified atom stereocenters. The van der Waals surface area contributed by atoms with E-state index in [1.807, 2.05) is 13.0 Å². The molecule has 1 saturated heterocycles. The van der Waals surface area contributed by atoms with Crippen molar-refractivity contribution < 1.29 is 14.2 Å². The summed E-state index contributed by atoms with van der Waals surface area (Å²) < 4.78 is 16.5. The van der Waals surface area contributed by atoms with E-state index in [4.69, 9.17) is 19.2 Å². The lowest BCUT2D eigenvalue weighted by Gasteiger charge is -2.36. The lowest BCUT2D eigenvalue weighted by Crippen LogP contribution is -2.52. The summed E-state index contributed by atoms with van der Waals surface area (Å²) in [5.41, 5.74) is 1.10. The first-order valence-corrected chi connectivity index (χ1v) is 10.3. The van der Waals surface area contributed by atoms with Gasteiger partial charge < -0.3 is 24.4 Å². The van der Waals surface area contributed by atoms with E-state index in [-0.39, 0.29) is 0 Å². The van der Waals surface area contributed by atoms with Gasteiger partial charge in [-0.25, -0.2) is 0 Å². The van der Waals surface area contributed by atoms with E-state index in [9.17, 15) is 0 Å². The molecule has 0 amide bonds. The second kappa shape index (κ2) is 12.2. The van der Waals surface area contributed by atoms with Crippen molar-refractivity contribution in [1.29, 1.82) is 0 Å². The van der Waals surface area contributed by atoms with Gasteiger partial charge in [0.1, 0.15) is 0 Å². The zero-order valence-electron chi connectivity index (χ0n) is 18.5. The Hall–Kier alpha value is -2.41. The van der Waals surface area contributed by atoms with E-state index in [1.165, 1.54) is 0 Å². The number of hydrogen-bond acceptors (Lipinski definition) is 5. The summed E-state index contributed by atoms with van der Waals surface area (Å²) in [5, 5.41) is 3.42. The summed E-state index contributed by atoms with van der Waals surface area (Å²) >= 11 is 0. The largest absolute Gasteiger partial charge is 0.493 e. The first-order chi connectivity index (χ1) is 14.2. The van der Waals surface area contributed by atoms with Crippen LogP contribution < -0.4 is 19.5 Å². The van der Waals surface area contributed by atoms with Gasteiger partial charge in [-0.15, -0.1) is 0 Å². The summed E-state index contributed by atoms with van der Waals surface area (Å²) in [5.74, 6) is 3.09. The zero-order chi connectivity index (χ0) is 21.1. The molecular weight excluding hydrogens is 368 g/mol. The summed E-state index contributed by atoms with van der Waals surface area (Å²) in [7, 11) is 4.95.